The number of methoxy groups -OCH3 is 1. The molecule has 2 aromatic carbocycles. The number of hydrogen-bond donors (Lipinski definition) is 4. The Hall–Kier alpha value is -3.91. The number of hydrogen-bond acceptors (Lipinski definition) is 9. The Kier molecular flexibility index (Phi) is 6.97. The molecule has 0 unspecified atom stereocenters. The Morgan fingerprint density at radius 1 is 1.14 bits per heavy atom. The highest BCUT2D eigenvalue weighted by Crippen LogP contribution is 2.37. The summed E-state index contributed by atoms with van der Waals surface area (Å²) in [7, 11) is -3.59. The molecule has 0 amide bonds. The molecule has 4 aromatic rings. The van der Waals surface area contributed by atoms with Gasteiger partial charge in [0, 0.05) is 29.2 Å². The van der Waals surface area contributed by atoms with Gasteiger partial charge >= 0.3 is 19.8 Å². The van der Waals surface area contributed by atoms with E-state index in [2.05, 4.69) is 25.1 Å². The highest BCUT2D eigenvalue weighted by molar-refractivity contribution is 7.46. The number of phosphoric acid groups is 1. The maximum atomic E-state index is 13.2. The van der Waals surface area contributed by atoms with Crippen LogP contribution in [0.4, 0.5) is 36.3 Å². The number of nitrogens with one attached hydrogen (secondary N) is 2. The maximum Gasteiger partial charge on any atom is 0.471 e. The molecule has 2 heterocycles. The van der Waals surface area contributed by atoms with Gasteiger partial charge in [-0.05, 0) is 37.3 Å². The zero-order valence-electron chi connectivity index (χ0n) is 19.1. The predicted octanol–water partition coefficient (Wildman–Crippen LogP) is 4.27. The van der Waals surface area contributed by atoms with Crippen LogP contribution in [-0.4, -0.2) is 31.4 Å². The van der Waals surface area contributed by atoms with E-state index in [1.807, 2.05) is 0 Å². The van der Waals surface area contributed by atoms with E-state index in [0.29, 0.717) is 17.1 Å². The predicted molar refractivity (Wildman–Crippen MR) is 125 cm³/mol. The average Bonchev–Trinajstić information content (AvgIpc) is 3.12. The van der Waals surface area contributed by atoms with Crippen molar-refractivity contribution in [2.24, 2.45) is 0 Å². The summed E-state index contributed by atoms with van der Waals surface area (Å²) in [5, 5.41) is 5.73. The van der Waals surface area contributed by atoms with Gasteiger partial charge in [0.25, 0.3) is 0 Å². The van der Waals surface area contributed by atoms with E-state index in [-0.39, 0.29) is 28.5 Å². The molecule has 0 saturated heterocycles. The number of benzene rings is 2. The van der Waals surface area contributed by atoms with Gasteiger partial charge in [-0.15, -0.1) is 0 Å². The highest BCUT2D eigenvalue weighted by Gasteiger charge is 2.31. The number of anilines is 4. The molecule has 12 nitrogen and oxygen atoms in total. The minimum absolute atomic E-state index is 0.00850. The minimum Gasteiger partial charge on any atom is -0.497 e. The summed E-state index contributed by atoms with van der Waals surface area (Å²) in [5.41, 5.74) is 0.459. The van der Waals surface area contributed by atoms with Crippen LogP contribution in [0, 0.1) is 6.92 Å². The third kappa shape index (κ3) is 6.27. The first-order valence-corrected chi connectivity index (χ1v) is 11.8. The van der Waals surface area contributed by atoms with Gasteiger partial charge in [0.2, 0.25) is 5.95 Å². The molecule has 0 aliphatic carbocycles. The number of halogens is 3. The van der Waals surface area contributed by atoms with Gasteiger partial charge in [-0.25, -0.2) is 18.9 Å². The Bertz CT molecular complexity index is 1560. The third-order valence-electron chi connectivity index (χ3n) is 4.98. The lowest BCUT2D eigenvalue weighted by Gasteiger charge is -2.14. The normalized spacial score (nSPS) is 12.1. The van der Waals surface area contributed by atoms with E-state index < -0.39 is 32.0 Å². The lowest BCUT2D eigenvalue weighted by molar-refractivity contribution is -0.137. The first-order chi connectivity index (χ1) is 17.3. The first-order valence-electron chi connectivity index (χ1n) is 10.3. The molecule has 16 heteroatoms. The SMILES string of the molecule is COc1cc(Nc2ncc(C)c(Nc3ccc4oc(=O)n(COP(=O)(O)O)c4c3)n2)cc(C(F)(F)F)c1. The van der Waals surface area contributed by atoms with Crippen LogP contribution >= 0.6 is 7.82 Å². The maximum absolute atomic E-state index is 13.2. The summed E-state index contributed by atoms with van der Waals surface area (Å²) in [4.78, 5) is 38.3. The van der Waals surface area contributed by atoms with E-state index in [1.165, 1.54) is 31.5 Å². The van der Waals surface area contributed by atoms with Crippen molar-refractivity contribution in [3.8, 4) is 5.75 Å². The molecule has 0 bridgehead atoms. The molecule has 0 aliphatic rings. The van der Waals surface area contributed by atoms with Crippen LogP contribution in [0.5, 0.6) is 5.75 Å². The largest absolute Gasteiger partial charge is 0.497 e. The topological polar surface area (TPSA) is 161 Å². The van der Waals surface area contributed by atoms with Gasteiger partial charge in [0.15, 0.2) is 5.58 Å². The second kappa shape index (κ2) is 9.86. The Balaban J connectivity index is 1.62. The molecule has 2 aromatic heterocycles. The number of rotatable bonds is 8. The molecule has 196 valence electrons. The number of aryl methyl sites for hydroxylation is 1. The first kappa shape index (κ1) is 26.2. The van der Waals surface area contributed by atoms with Crippen molar-refractivity contribution >= 4 is 42.1 Å². The van der Waals surface area contributed by atoms with Gasteiger partial charge in [-0.3, -0.25) is 4.52 Å². The highest BCUT2D eigenvalue weighted by atomic mass is 31.2. The molecule has 0 radical (unpaired) electrons. The van der Waals surface area contributed by atoms with E-state index >= 15 is 0 Å². The van der Waals surface area contributed by atoms with Gasteiger partial charge in [-0.2, -0.15) is 18.2 Å². The monoisotopic (exact) mass is 541 g/mol. The van der Waals surface area contributed by atoms with Gasteiger partial charge < -0.3 is 29.6 Å². The van der Waals surface area contributed by atoms with Crippen LogP contribution in [0.2, 0.25) is 0 Å². The van der Waals surface area contributed by atoms with Gasteiger partial charge in [0.1, 0.15) is 18.3 Å². The number of oxazole rings is 1. The van der Waals surface area contributed by atoms with Gasteiger partial charge in [-0.1, -0.05) is 0 Å². The van der Waals surface area contributed by atoms with Crippen molar-refractivity contribution in [2.45, 2.75) is 19.8 Å². The fraction of sp³-hybridized carbons (Fsp3) is 0.190. The van der Waals surface area contributed by atoms with Crippen LogP contribution in [0.3, 0.4) is 0 Å². The molecule has 0 spiro atoms. The Labute approximate surface area is 205 Å². The number of ether oxygens (including phenoxy) is 1. The quantitative estimate of drug-likeness (QED) is 0.236. The summed E-state index contributed by atoms with van der Waals surface area (Å²) >= 11 is 0. The molecule has 0 atom stereocenters. The van der Waals surface area contributed by atoms with Crippen LogP contribution in [-0.2, 0) is 22.0 Å². The summed E-state index contributed by atoms with van der Waals surface area (Å²) in [6, 6.07) is 7.60. The zero-order chi connectivity index (χ0) is 27.0. The smallest absolute Gasteiger partial charge is 0.471 e. The van der Waals surface area contributed by atoms with E-state index in [9.17, 15) is 22.5 Å². The second-order valence-electron chi connectivity index (χ2n) is 7.65. The van der Waals surface area contributed by atoms with Crippen molar-refractivity contribution in [1.82, 2.24) is 14.5 Å². The minimum atomic E-state index is -4.84. The van der Waals surface area contributed by atoms with Crippen molar-refractivity contribution in [2.75, 3.05) is 17.7 Å². The van der Waals surface area contributed by atoms with Crippen LogP contribution < -0.4 is 21.1 Å². The van der Waals surface area contributed by atoms with Crippen molar-refractivity contribution in [1.29, 1.82) is 0 Å². The standard InChI is InChI=1S/C21H19F3N5O7P/c1-11-9-25-19(27-14-5-12(21(22,23)24)6-15(7-14)34-2)28-18(11)26-13-3-4-17-16(8-13)29(20(30)36-17)10-35-37(31,32)33/h3-9H,10H2,1-2H3,(H2,31,32,33)(H2,25,26,27,28). The molecular weight excluding hydrogens is 522 g/mol. The third-order valence-corrected chi connectivity index (χ3v) is 5.43. The summed E-state index contributed by atoms with van der Waals surface area (Å²) < 4.78 is 66.0. The fourth-order valence-electron chi connectivity index (χ4n) is 3.24. The number of nitrogens with zero attached hydrogens (tertiary/aromatic N) is 3. The lowest BCUT2D eigenvalue weighted by Crippen LogP contribution is -2.15. The molecule has 0 saturated carbocycles. The Morgan fingerprint density at radius 3 is 2.57 bits per heavy atom. The zero-order valence-corrected chi connectivity index (χ0v) is 20.0. The number of phosphoric ester groups is 1. The average molecular weight is 541 g/mol. The van der Waals surface area contributed by atoms with Crippen LogP contribution in [0.1, 0.15) is 11.1 Å². The van der Waals surface area contributed by atoms with E-state index in [4.69, 9.17) is 18.9 Å². The molecule has 0 fully saturated rings. The molecule has 0 aliphatic heterocycles. The van der Waals surface area contributed by atoms with E-state index in [1.54, 1.807) is 13.0 Å². The number of aromatic nitrogens is 3. The second-order valence-corrected chi connectivity index (χ2v) is 8.89. The van der Waals surface area contributed by atoms with Crippen LogP contribution in [0.15, 0.2) is 51.8 Å². The lowest BCUT2D eigenvalue weighted by atomic mass is 10.2. The van der Waals surface area contributed by atoms with E-state index in [0.717, 1.165) is 16.7 Å². The van der Waals surface area contributed by atoms with Crippen molar-refractivity contribution < 1.29 is 41.2 Å². The van der Waals surface area contributed by atoms with Gasteiger partial charge in [0.05, 0.1) is 18.2 Å². The summed E-state index contributed by atoms with van der Waals surface area (Å²) in [6.07, 6.45) is -3.14. The van der Waals surface area contributed by atoms with Crippen molar-refractivity contribution in [3.05, 3.63) is 64.3 Å². The fourth-order valence-corrected chi connectivity index (χ4v) is 3.51. The Morgan fingerprint density at radius 2 is 1.89 bits per heavy atom. The molecule has 4 rings (SSSR count). The number of alkyl halides is 3. The molecular formula is C21H19F3N5O7P. The number of fused-ring (bicyclic) bond motifs is 1. The summed E-state index contributed by atoms with van der Waals surface area (Å²) in [6.45, 7) is 0.945. The molecule has 37 heavy (non-hydrogen) atoms. The van der Waals surface area contributed by atoms with Crippen LogP contribution in [0.25, 0.3) is 11.1 Å². The summed E-state index contributed by atoms with van der Waals surface area (Å²) in [5.74, 6) is -0.614. The van der Waals surface area contributed by atoms with Crippen molar-refractivity contribution in [3.63, 3.8) is 0 Å². The molecule has 4 N–H and O–H groups in total.